The highest BCUT2D eigenvalue weighted by atomic mass is 15.2. The van der Waals surface area contributed by atoms with Gasteiger partial charge in [0.05, 0.1) is 6.34 Å². The van der Waals surface area contributed by atoms with Crippen LogP contribution in [0.1, 0.15) is 6.42 Å². The molecule has 52 valence electrons. The van der Waals surface area contributed by atoms with E-state index in [1.807, 2.05) is 6.34 Å². The number of nitrogens with two attached hydrogens (primary N) is 1. The molecule has 1 rings (SSSR count). The van der Waals surface area contributed by atoms with E-state index < -0.39 is 0 Å². The van der Waals surface area contributed by atoms with E-state index in [0.29, 0.717) is 0 Å². The third-order valence-electron chi connectivity index (χ3n) is 1.39. The quantitative estimate of drug-likeness (QED) is 0.552. The van der Waals surface area contributed by atoms with E-state index in [1.54, 1.807) is 0 Å². The van der Waals surface area contributed by atoms with Crippen molar-refractivity contribution < 1.29 is 0 Å². The molecule has 1 heterocycles. The summed E-state index contributed by atoms with van der Waals surface area (Å²) in [5.74, 6) is 0. The Hall–Kier alpha value is -0.570. The van der Waals surface area contributed by atoms with Crippen LogP contribution in [-0.2, 0) is 0 Å². The summed E-state index contributed by atoms with van der Waals surface area (Å²) in [5, 5.41) is 0. The first-order valence-electron chi connectivity index (χ1n) is 3.37. The van der Waals surface area contributed by atoms with Crippen molar-refractivity contribution in [2.75, 3.05) is 26.2 Å². The first kappa shape index (κ1) is 6.55. The smallest absolute Gasteiger partial charge is 0.0850 e. The molecule has 0 aromatic rings. The lowest BCUT2D eigenvalue weighted by Gasteiger charge is -2.20. The van der Waals surface area contributed by atoms with E-state index in [-0.39, 0.29) is 0 Å². The molecular weight excluding hydrogens is 114 g/mol. The largest absolute Gasteiger partial charge is 0.362 e. The number of aliphatic imine (C=N–C) groups is 1. The number of nitrogens with zero attached hydrogens (tertiary/aromatic N) is 2. The summed E-state index contributed by atoms with van der Waals surface area (Å²) in [6.07, 6.45) is 3.08. The van der Waals surface area contributed by atoms with Gasteiger partial charge < -0.3 is 10.6 Å². The van der Waals surface area contributed by atoms with Gasteiger partial charge in [-0.2, -0.15) is 0 Å². The normalized spacial score (nSPS) is 18.6. The zero-order chi connectivity index (χ0) is 6.53. The second-order valence-electron chi connectivity index (χ2n) is 2.20. The first-order chi connectivity index (χ1) is 4.43. The number of hydrogen-bond acceptors (Lipinski definition) is 3. The van der Waals surface area contributed by atoms with Crippen LogP contribution in [0.15, 0.2) is 4.99 Å². The number of hydrogen-bond donors (Lipinski definition) is 1. The average Bonchev–Trinajstić information content (AvgIpc) is 1.91. The van der Waals surface area contributed by atoms with Crippen molar-refractivity contribution in [1.82, 2.24) is 4.90 Å². The van der Waals surface area contributed by atoms with Gasteiger partial charge in [0.15, 0.2) is 0 Å². The predicted molar refractivity (Wildman–Crippen MR) is 38.6 cm³/mol. The second-order valence-corrected chi connectivity index (χ2v) is 2.20. The Morgan fingerprint density at radius 3 is 3.11 bits per heavy atom. The molecule has 0 atom stereocenters. The van der Waals surface area contributed by atoms with Crippen LogP contribution in [0.2, 0.25) is 0 Å². The van der Waals surface area contributed by atoms with Crippen LogP contribution in [-0.4, -0.2) is 37.4 Å². The zero-order valence-corrected chi connectivity index (χ0v) is 5.58. The Kier molecular flexibility index (Phi) is 2.51. The van der Waals surface area contributed by atoms with Crippen LogP contribution in [0.25, 0.3) is 0 Å². The molecule has 2 N–H and O–H groups in total. The SMILES string of the molecule is NCCN1C=NCCC1. The van der Waals surface area contributed by atoms with Gasteiger partial charge in [-0.1, -0.05) is 0 Å². The average molecular weight is 127 g/mol. The van der Waals surface area contributed by atoms with E-state index >= 15 is 0 Å². The highest BCUT2D eigenvalue weighted by Crippen LogP contribution is 1.93. The lowest BCUT2D eigenvalue weighted by Crippen LogP contribution is -2.31. The number of rotatable bonds is 2. The van der Waals surface area contributed by atoms with Gasteiger partial charge in [0.2, 0.25) is 0 Å². The summed E-state index contributed by atoms with van der Waals surface area (Å²) in [6, 6.07) is 0. The molecule has 3 heteroatoms. The molecule has 0 aromatic heterocycles. The summed E-state index contributed by atoms with van der Waals surface area (Å²) in [7, 11) is 0. The summed E-state index contributed by atoms with van der Waals surface area (Å²) < 4.78 is 0. The molecule has 0 unspecified atom stereocenters. The van der Waals surface area contributed by atoms with Gasteiger partial charge in [-0.15, -0.1) is 0 Å². The minimum atomic E-state index is 0.728. The Morgan fingerprint density at radius 2 is 2.56 bits per heavy atom. The lowest BCUT2D eigenvalue weighted by atomic mass is 10.3. The van der Waals surface area contributed by atoms with E-state index in [2.05, 4.69) is 9.89 Å². The molecule has 9 heavy (non-hydrogen) atoms. The standard InChI is InChI=1S/C6H13N3/c7-2-5-9-4-1-3-8-6-9/h6H,1-5,7H2. The van der Waals surface area contributed by atoms with Crippen molar-refractivity contribution in [3.05, 3.63) is 0 Å². The Bertz CT molecular complexity index is 100. The maximum atomic E-state index is 5.36. The van der Waals surface area contributed by atoms with Crippen molar-refractivity contribution in [2.24, 2.45) is 10.7 Å². The van der Waals surface area contributed by atoms with Crippen molar-refractivity contribution in [3.63, 3.8) is 0 Å². The van der Waals surface area contributed by atoms with E-state index in [1.165, 1.54) is 6.42 Å². The van der Waals surface area contributed by atoms with Gasteiger partial charge in [0, 0.05) is 26.2 Å². The lowest BCUT2D eigenvalue weighted by molar-refractivity contribution is 0.416. The summed E-state index contributed by atoms with van der Waals surface area (Å²) >= 11 is 0. The van der Waals surface area contributed by atoms with Crippen molar-refractivity contribution in [2.45, 2.75) is 6.42 Å². The van der Waals surface area contributed by atoms with Crippen LogP contribution in [0.3, 0.4) is 0 Å². The molecule has 0 saturated heterocycles. The van der Waals surface area contributed by atoms with Crippen LogP contribution >= 0.6 is 0 Å². The van der Waals surface area contributed by atoms with E-state index in [0.717, 1.165) is 26.2 Å². The van der Waals surface area contributed by atoms with Gasteiger partial charge in [-0.3, -0.25) is 4.99 Å². The van der Waals surface area contributed by atoms with Crippen LogP contribution in [0, 0.1) is 0 Å². The fraction of sp³-hybridized carbons (Fsp3) is 0.833. The fourth-order valence-corrected chi connectivity index (χ4v) is 0.931. The predicted octanol–water partition coefficient (Wildman–Crippen LogP) is -0.321. The summed E-state index contributed by atoms with van der Waals surface area (Å²) in [4.78, 5) is 6.28. The molecule has 1 aliphatic rings. The first-order valence-corrected chi connectivity index (χ1v) is 3.37. The molecule has 0 aromatic carbocycles. The Morgan fingerprint density at radius 1 is 1.67 bits per heavy atom. The molecule has 1 aliphatic heterocycles. The van der Waals surface area contributed by atoms with Crippen LogP contribution < -0.4 is 5.73 Å². The fourth-order valence-electron chi connectivity index (χ4n) is 0.931. The monoisotopic (exact) mass is 127 g/mol. The van der Waals surface area contributed by atoms with E-state index in [9.17, 15) is 0 Å². The molecule has 0 radical (unpaired) electrons. The van der Waals surface area contributed by atoms with Crippen molar-refractivity contribution in [1.29, 1.82) is 0 Å². The molecule has 0 bridgehead atoms. The van der Waals surface area contributed by atoms with Crippen LogP contribution in [0.5, 0.6) is 0 Å². The molecule has 0 spiro atoms. The van der Waals surface area contributed by atoms with Crippen LogP contribution in [0.4, 0.5) is 0 Å². The van der Waals surface area contributed by atoms with E-state index in [4.69, 9.17) is 5.73 Å². The zero-order valence-electron chi connectivity index (χ0n) is 5.58. The maximum Gasteiger partial charge on any atom is 0.0850 e. The maximum absolute atomic E-state index is 5.36. The molecule has 0 saturated carbocycles. The van der Waals surface area contributed by atoms with Gasteiger partial charge in [-0.25, -0.2) is 0 Å². The van der Waals surface area contributed by atoms with Crippen molar-refractivity contribution >= 4 is 6.34 Å². The molecular formula is C6H13N3. The molecule has 0 aliphatic carbocycles. The minimum Gasteiger partial charge on any atom is -0.362 e. The Balaban J connectivity index is 2.23. The molecule has 0 fully saturated rings. The molecule has 0 amide bonds. The summed E-state index contributed by atoms with van der Waals surface area (Å²) in [6.45, 7) is 3.79. The highest BCUT2D eigenvalue weighted by molar-refractivity contribution is 5.55. The minimum absolute atomic E-state index is 0.728. The van der Waals surface area contributed by atoms with Crippen molar-refractivity contribution in [3.8, 4) is 0 Å². The Labute approximate surface area is 55.6 Å². The van der Waals surface area contributed by atoms with Gasteiger partial charge >= 0.3 is 0 Å². The third kappa shape index (κ3) is 2.01. The third-order valence-corrected chi connectivity index (χ3v) is 1.39. The highest BCUT2D eigenvalue weighted by Gasteiger charge is 2.00. The molecule has 3 nitrogen and oxygen atoms in total. The van der Waals surface area contributed by atoms with Gasteiger partial charge in [-0.05, 0) is 6.42 Å². The topological polar surface area (TPSA) is 41.6 Å². The second kappa shape index (κ2) is 3.45. The van der Waals surface area contributed by atoms with Gasteiger partial charge in [0.25, 0.3) is 0 Å². The van der Waals surface area contributed by atoms with Gasteiger partial charge in [0.1, 0.15) is 0 Å². The summed E-state index contributed by atoms with van der Waals surface area (Å²) in [5.41, 5.74) is 5.36.